The van der Waals surface area contributed by atoms with Gasteiger partial charge >= 0.3 is 39.5 Å². The van der Waals surface area contributed by atoms with Gasteiger partial charge in [-0.3, -0.25) is 37.3 Å². The van der Waals surface area contributed by atoms with Gasteiger partial charge in [0.15, 0.2) is 12.2 Å². The molecule has 0 spiro atoms. The van der Waals surface area contributed by atoms with Crippen molar-refractivity contribution < 1.29 is 80.2 Å². The smallest absolute Gasteiger partial charge is 0.462 e. The van der Waals surface area contributed by atoms with Gasteiger partial charge in [0.1, 0.15) is 19.3 Å². The number of phosphoric ester groups is 2. The molecule has 0 aromatic carbocycles. The van der Waals surface area contributed by atoms with Crippen LogP contribution in [0.1, 0.15) is 306 Å². The molecule has 0 aromatic heterocycles. The van der Waals surface area contributed by atoms with Crippen LogP contribution in [0.15, 0.2) is 0 Å². The normalized spacial score (nSPS) is 14.8. The molecule has 492 valence electrons. The van der Waals surface area contributed by atoms with E-state index in [9.17, 15) is 43.2 Å². The van der Waals surface area contributed by atoms with E-state index >= 15 is 0 Å². The van der Waals surface area contributed by atoms with E-state index in [1.54, 1.807) is 0 Å². The third-order valence-corrected chi connectivity index (χ3v) is 16.8. The van der Waals surface area contributed by atoms with E-state index in [0.29, 0.717) is 31.6 Å². The fourth-order valence-electron chi connectivity index (χ4n) is 9.40. The van der Waals surface area contributed by atoms with Gasteiger partial charge in [-0.15, -0.1) is 0 Å². The highest BCUT2D eigenvalue weighted by atomic mass is 31.2. The van der Waals surface area contributed by atoms with E-state index < -0.39 is 97.5 Å². The van der Waals surface area contributed by atoms with Crippen LogP contribution in [0, 0.1) is 23.7 Å². The van der Waals surface area contributed by atoms with Gasteiger partial charge in [-0.1, -0.05) is 254 Å². The summed E-state index contributed by atoms with van der Waals surface area (Å²) in [5.41, 5.74) is 0. The van der Waals surface area contributed by atoms with Gasteiger partial charge < -0.3 is 33.8 Å². The van der Waals surface area contributed by atoms with Gasteiger partial charge in [-0.2, -0.15) is 0 Å². The predicted octanol–water partition coefficient (Wildman–Crippen LogP) is 17.4. The molecule has 0 rings (SSSR count). The standard InChI is InChI=1S/C64H124O17P2/c1-9-57(8)43-35-27-22-23-31-39-47-64(69)81-60(51-75-62(67)45-37-29-20-14-13-17-25-33-41-55(4)5)53-79-83(72,73)77-49-58(65)48-76-82(70,71)78-52-59(80-63(68)46-38-30-21-15-18-26-34-42-56(6)7)50-74-61(66)44-36-28-19-12-10-11-16-24-32-40-54(2)3/h54-60,65H,9-53H2,1-8H3,(H,70,71)(H,72,73)/t57?,58?,59-,60-/m1/s1. The molecular weight excluding hydrogens is 1100 g/mol. The number of carbonyl (C=O) groups excluding carboxylic acids is 4. The molecule has 3 N–H and O–H groups in total. The third kappa shape index (κ3) is 57.6. The van der Waals surface area contributed by atoms with Crippen molar-refractivity contribution in [2.75, 3.05) is 39.6 Å². The summed E-state index contributed by atoms with van der Waals surface area (Å²) in [7, 11) is -9.89. The van der Waals surface area contributed by atoms with E-state index in [0.717, 1.165) is 108 Å². The molecule has 83 heavy (non-hydrogen) atoms. The number of hydrogen-bond donors (Lipinski definition) is 3. The summed E-state index contributed by atoms with van der Waals surface area (Å²) in [6, 6.07) is 0. The molecule has 0 fully saturated rings. The maximum atomic E-state index is 13.0. The molecule has 0 saturated carbocycles. The first-order chi connectivity index (χ1) is 39.6. The van der Waals surface area contributed by atoms with Gasteiger partial charge in [-0.25, -0.2) is 9.13 Å². The summed E-state index contributed by atoms with van der Waals surface area (Å²) in [4.78, 5) is 72.2. The average molecular weight is 1230 g/mol. The highest BCUT2D eigenvalue weighted by molar-refractivity contribution is 7.47. The van der Waals surface area contributed by atoms with Gasteiger partial charge in [-0.05, 0) is 49.4 Å². The zero-order valence-corrected chi connectivity index (χ0v) is 55.6. The summed E-state index contributed by atoms with van der Waals surface area (Å²) in [5, 5.41) is 10.5. The van der Waals surface area contributed by atoms with Crippen LogP contribution in [-0.4, -0.2) is 96.7 Å². The van der Waals surface area contributed by atoms with Gasteiger partial charge in [0.05, 0.1) is 26.4 Å². The Hall–Kier alpha value is -1.94. The minimum absolute atomic E-state index is 0.102. The number of phosphoric acid groups is 2. The molecule has 0 saturated heterocycles. The maximum Gasteiger partial charge on any atom is 0.472 e. The van der Waals surface area contributed by atoms with Crippen molar-refractivity contribution in [2.45, 2.75) is 324 Å². The number of aliphatic hydroxyl groups is 1. The fraction of sp³-hybridized carbons (Fsp3) is 0.938. The quantitative estimate of drug-likeness (QED) is 0.0222. The molecule has 17 nitrogen and oxygen atoms in total. The van der Waals surface area contributed by atoms with Crippen molar-refractivity contribution in [2.24, 2.45) is 23.7 Å². The molecule has 4 unspecified atom stereocenters. The maximum absolute atomic E-state index is 13.0. The second kappa shape index (κ2) is 54.2. The van der Waals surface area contributed by atoms with Gasteiger partial charge in [0, 0.05) is 25.7 Å². The minimum Gasteiger partial charge on any atom is -0.462 e. The van der Waals surface area contributed by atoms with E-state index in [-0.39, 0.29) is 25.7 Å². The Labute approximate surface area is 505 Å². The summed E-state index contributed by atoms with van der Waals surface area (Å²) in [6.07, 6.45) is 33.6. The van der Waals surface area contributed by atoms with Crippen LogP contribution in [-0.2, 0) is 65.4 Å². The molecule has 0 amide bonds. The first-order valence-corrected chi connectivity index (χ1v) is 36.2. The minimum atomic E-state index is -4.94. The Morgan fingerprint density at radius 2 is 0.578 bits per heavy atom. The van der Waals surface area contributed by atoms with Crippen molar-refractivity contribution in [1.29, 1.82) is 0 Å². The number of hydrogen-bond acceptors (Lipinski definition) is 15. The zero-order valence-electron chi connectivity index (χ0n) is 53.8. The number of esters is 4. The monoisotopic (exact) mass is 1230 g/mol. The molecule has 0 aliphatic carbocycles. The lowest BCUT2D eigenvalue weighted by atomic mass is 10.00. The summed E-state index contributed by atoms with van der Waals surface area (Å²) < 4.78 is 68.0. The van der Waals surface area contributed by atoms with Crippen molar-refractivity contribution in [3.05, 3.63) is 0 Å². The van der Waals surface area contributed by atoms with Crippen LogP contribution < -0.4 is 0 Å². The van der Waals surface area contributed by atoms with Crippen molar-refractivity contribution in [3.63, 3.8) is 0 Å². The first-order valence-electron chi connectivity index (χ1n) is 33.2. The number of ether oxygens (including phenoxy) is 4. The lowest BCUT2D eigenvalue weighted by molar-refractivity contribution is -0.161. The number of carbonyl (C=O) groups is 4. The van der Waals surface area contributed by atoms with Crippen LogP contribution in [0.25, 0.3) is 0 Å². The lowest BCUT2D eigenvalue weighted by Crippen LogP contribution is -2.30. The summed E-state index contributed by atoms with van der Waals surface area (Å²) in [5.74, 6) is 0.743. The third-order valence-electron chi connectivity index (χ3n) is 14.9. The van der Waals surface area contributed by atoms with E-state index in [1.165, 1.54) is 109 Å². The lowest BCUT2D eigenvalue weighted by Gasteiger charge is -2.21. The Morgan fingerprint density at radius 3 is 0.855 bits per heavy atom. The highest BCUT2D eigenvalue weighted by Crippen LogP contribution is 2.45. The number of rotatable bonds is 61. The van der Waals surface area contributed by atoms with Crippen LogP contribution in [0.5, 0.6) is 0 Å². The van der Waals surface area contributed by atoms with Crippen LogP contribution in [0.4, 0.5) is 0 Å². The highest BCUT2D eigenvalue weighted by Gasteiger charge is 2.30. The Morgan fingerprint density at radius 1 is 0.337 bits per heavy atom. The topological polar surface area (TPSA) is 237 Å². The number of unbranched alkanes of at least 4 members (excludes halogenated alkanes) is 26. The Balaban J connectivity index is 5.25. The molecule has 6 atom stereocenters. The van der Waals surface area contributed by atoms with E-state index in [2.05, 4.69) is 55.4 Å². The van der Waals surface area contributed by atoms with E-state index in [1.807, 2.05) is 0 Å². The van der Waals surface area contributed by atoms with E-state index in [4.69, 9.17) is 37.0 Å². The molecule has 0 bridgehead atoms. The zero-order chi connectivity index (χ0) is 61.8. The molecule has 0 aliphatic rings. The molecular formula is C64H124O17P2. The second-order valence-corrected chi connectivity index (χ2v) is 27.7. The predicted molar refractivity (Wildman–Crippen MR) is 331 cm³/mol. The second-order valence-electron chi connectivity index (χ2n) is 24.8. The van der Waals surface area contributed by atoms with Crippen molar-refractivity contribution >= 4 is 39.5 Å². The van der Waals surface area contributed by atoms with Crippen molar-refractivity contribution in [1.82, 2.24) is 0 Å². The number of aliphatic hydroxyl groups excluding tert-OH is 1. The molecule has 0 aromatic rings. The Kier molecular flexibility index (Phi) is 53.0. The van der Waals surface area contributed by atoms with Crippen LogP contribution in [0.3, 0.4) is 0 Å². The molecule has 0 aliphatic heterocycles. The molecule has 0 heterocycles. The first kappa shape index (κ1) is 81.1. The molecule has 0 radical (unpaired) electrons. The van der Waals surface area contributed by atoms with Crippen LogP contribution >= 0.6 is 15.6 Å². The average Bonchev–Trinajstić information content (AvgIpc) is 3.44. The summed E-state index contributed by atoms with van der Waals surface area (Å²) in [6.45, 7) is 13.9. The summed E-state index contributed by atoms with van der Waals surface area (Å²) >= 11 is 0. The van der Waals surface area contributed by atoms with Gasteiger partial charge in [0.25, 0.3) is 0 Å². The Bertz CT molecular complexity index is 1660. The largest absolute Gasteiger partial charge is 0.472 e. The fourth-order valence-corrected chi connectivity index (χ4v) is 11.0. The van der Waals surface area contributed by atoms with Crippen molar-refractivity contribution in [3.8, 4) is 0 Å². The van der Waals surface area contributed by atoms with Crippen LogP contribution in [0.2, 0.25) is 0 Å². The molecule has 19 heteroatoms. The van der Waals surface area contributed by atoms with Gasteiger partial charge in [0.2, 0.25) is 0 Å². The SMILES string of the molecule is CCC(C)CCCCCCCCC(=O)O[C@H](COC(=O)CCCCCCCCCCC(C)C)COP(=O)(O)OCC(O)COP(=O)(O)OC[C@@H](COC(=O)CCCCCCCCCCCC(C)C)OC(=O)CCCCCCCCCC(C)C.